The first-order valence-electron chi connectivity index (χ1n) is 7.91. The molecule has 0 radical (unpaired) electrons. The van der Waals surface area contributed by atoms with Crippen LogP contribution in [0, 0.1) is 12.8 Å². The topological polar surface area (TPSA) is 49.4 Å². The van der Waals surface area contributed by atoms with Crippen molar-refractivity contribution in [3.63, 3.8) is 0 Å². The second-order valence-electron chi connectivity index (χ2n) is 6.36. The first-order chi connectivity index (χ1) is 10.5. The Kier molecular flexibility index (Phi) is 4.39. The van der Waals surface area contributed by atoms with E-state index in [4.69, 9.17) is 11.6 Å². The monoisotopic (exact) mass is 320 g/mol. The second kappa shape index (κ2) is 6.29. The van der Waals surface area contributed by atoms with Crippen LogP contribution < -0.4 is 5.32 Å². The highest BCUT2D eigenvalue weighted by Crippen LogP contribution is 2.30. The molecule has 1 unspecified atom stereocenters. The lowest BCUT2D eigenvalue weighted by molar-refractivity contribution is -0.129. The third-order valence-corrected chi connectivity index (χ3v) is 4.99. The van der Waals surface area contributed by atoms with E-state index in [1.807, 2.05) is 24.0 Å². The number of amides is 2. The Morgan fingerprint density at radius 3 is 2.73 bits per heavy atom. The molecule has 1 aliphatic carbocycles. The van der Waals surface area contributed by atoms with Crippen molar-refractivity contribution < 1.29 is 9.59 Å². The number of halogens is 1. The highest BCUT2D eigenvalue weighted by Gasteiger charge is 2.38. The lowest BCUT2D eigenvalue weighted by atomic mass is 10.1. The maximum absolute atomic E-state index is 12.4. The number of carbonyl (C=O) groups excluding carboxylic acids is 2. The molecule has 3 rings (SSSR count). The number of rotatable bonds is 3. The summed E-state index contributed by atoms with van der Waals surface area (Å²) in [5, 5.41) is 3.39. The predicted molar refractivity (Wildman–Crippen MR) is 86.9 cm³/mol. The van der Waals surface area contributed by atoms with Crippen LogP contribution in [0.1, 0.15) is 37.7 Å². The molecule has 1 saturated heterocycles. The summed E-state index contributed by atoms with van der Waals surface area (Å²) in [5.41, 5.74) is 1.66. The van der Waals surface area contributed by atoms with Crippen molar-refractivity contribution in [2.45, 2.75) is 45.1 Å². The summed E-state index contributed by atoms with van der Waals surface area (Å²) >= 11 is 6.15. The molecular formula is C17H21ClN2O2. The predicted octanol–water partition coefficient (Wildman–Crippen LogP) is 3.38. The second-order valence-corrected chi connectivity index (χ2v) is 6.77. The Morgan fingerprint density at radius 1 is 1.32 bits per heavy atom. The molecule has 0 bridgehead atoms. The smallest absolute Gasteiger partial charge is 0.229 e. The lowest BCUT2D eigenvalue weighted by Crippen LogP contribution is -2.35. The van der Waals surface area contributed by atoms with Gasteiger partial charge in [-0.2, -0.15) is 0 Å². The van der Waals surface area contributed by atoms with Crippen LogP contribution in [0.2, 0.25) is 5.02 Å². The fraction of sp³-hybridized carbons (Fsp3) is 0.529. The van der Waals surface area contributed by atoms with Gasteiger partial charge in [-0.1, -0.05) is 30.5 Å². The number of carbonyl (C=O) groups is 2. The zero-order valence-corrected chi connectivity index (χ0v) is 13.5. The Hall–Kier alpha value is -1.55. The molecule has 1 atom stereocenters. The average Bonchev–Trinajstić information content (AvgIpc) is 3.10. The Morgan fingerprint density at radius 2 is 2.05 bits per heavy atom. The van der Waals surface area contributed by atoms with Crippen LogP contribution in [0.4, 0.5) is 5.69 Å². The fourth-order valence-electron chi connectivity index (χ4n) is 3.43. The van der Waals surface area contributed by atoms with Gasteiger partial charge in [-0.25, -0.2) is 0 Å². The molecule has 0 spiro atoms. The summed E-state index contributed by atoms with van der Waals surface area (Å²) in [7, 11) is 0. The number of hydrogen-bond acceptors (Lipinski definition) is 2. The number of benzene rings is 1. The van der Waals surface area contributed by atoms with Crippen LogP contribution in [-0.4, -0.2) is 29.3 Å². The number of likely N-dealkylation sites (tertiary alicyclic amines) is 1. The van der Waals surface area contributed by atoms with Gasteiger partial charge in [0.25, 0.3) is 0 Å². The highest BCUT2D eigenvalue weighted by atomic mass is 35.5. The molecule has 1 aliphatic heterocycles. The molecule has 1 N–H and O–H groups in total. The first kappa shape index (κ1) is 15.3. The van der Waals surface area contributed by atoms with Gasteiger partial charge in [0.05, 0.1) is 16.6 Å². The Labute approximate surface area is 135 Å². The molecule has 2 fully saturated rings. The molecule has 1 aromatic carbocycles. The fourth-order valence-corrected chi connectivity index (χ4v) is 3.71. The lowest BCUT2D eigenvalue weighted by Gasteiger charge is -2.23. The van der Waals surface area contributed by atoms with E-state index in [1.165, 1.54) is 12.8 Å². The number of nitrogens with zero attached hydrogens (tertiary/aromatic N) is 1. The quantitative estimate of drug-likeness (QED) is 0.928. The largest absolute Gasteiger partial charge is 0.339 e. The van der Waals surface area contributed by atoms with Gasteiger partial charge >= 0.3 is 0 Å². The Bertz CT molecular complexity index is 596. The minimum absolute atomic E-state index is 0.111. The number of anilines is 1. The zero-order valence-electron chi connectivity index (χ0n) is 12.8. The van der Waals surface area contributed by atoms with Crippen LogP contribution in [0.5, 0.6) is 0 Å². The first-order valence-corrected chi connectivity index (χ1v) is 8.29. The molecule has 2 amide bonds. The Balaban J connectivity index is 1.64. The van der Waals surface area contributed by atoms with Crippen molar-refractivity contribution in [2.75, 3.05) is 11.9 Å². The van der Waals surface area contributed by atoms with E-state index in [1.54, 1.807) is 6.07 Å². The molecular weight excluding hydrogens is 300 g/mol. The van der Waals surface area contributed by atoms with Gasteiger partial charge in [-0.15, -0.1) is 0 Å². The standard InChI is InChI=1S/C17H21ClN2O2/c1-11-6-7-15(14(18)8-11)19-17(22)12-9-16(21)20(10-12)13-4-2-3-5-13/h6-8,12-13H,2-5,9-10H2,1H3,(H,19,22). The molecule has 118 valence electrons. The molecule has 4 nitrogen and oxygen atoms in total. The van der Waals surface area contributed by atoms with Gasteiger partial charge in [-0.3, -0.25) is 9.59 Å². The minimum atomic E-state index is -0.273. The van der Waals surface area contributed by atoms with Crippen molar-refractivity contribution in [3.8, 4) is 0 Å². The van der Waals surface area contributed by atoms with Crippen molar-refractivity contribution >= 4 is 29.1 Å². The van der Waals surface area contributed by atoms with E-state index >= 15 is 0 Å². The van der Waals surface area contributed by atoms with E-state index in [2.05, 4.69) is 5.32 Å². The summed E-state index contributed by atoms with van der Waals surface area (Å²) in [6.07, 6.45) is 4.83. The van der Waals surface area contributed by atoms with Crippen molar-refractivity contribution in [1.82, 2.24) is 4.90 Å². The molecule has 1 saturated carbocycles. The molecule has 5 heteroatoms. The van der Waals surface area contributed by atoms with Crippen LogP contribution in [0.3, 0.4) is 0 Å². The molecule has 1 heterocycles. The van der Waals surface area contributed by atoms with Gasteiger partial charge in [0.1, 0.15) is 0 Å². The molecule has 0 aromatic heterocycles. The van der Waals surface area contributed by atoms with Crippen molar-refractivity contribution in [2.24, 2.45) is 5.92 Å². The van der Waals surface area contributed by atoms with Gasteiger partial charge in [-0.05, 0) is 37.5 Å². The van der Waals surface area contributed by atoms with E-state index in [0.717, 1.165) is 18.4 Å². The number of nitrogens with one attached hydrogen (secondary N) is 1. The normalized spacial score (nSPS) is 22.4. The third-order valence-electron chi connectivity index (χ3n) is 4.68. The summed E-state index contributed by atoms with van der Waals surface area (Å²) in [4.78, 5) is 26.5. The summed E-state index contributed by atoms with van der Waals surface area (Å²) in [6, 6.07) is 5.88. The SMILES string of the molecule is Cc1ccc(NC(=O)C2CC(=O)N(C3CCCC3)C2)c(Cl)c1. The van der Waals surface area contributed by atoms with Gasteiger partial charge < -0.3 is 10.2 Å². The molecule has 1 aromatic rings. The van der Waals surface area contributed by atoms with Crippen LogP contribution >= 0.6 is 11.6 Å². The van der Waals surface area contributed by atoms with Crippen LogP contribution in [-0.2, 0) is 9.59 Å². The summed E-state index contributed by atoms with van der Waals surface area (Å²) < 4.78 is 0. The number of aryl methyl sites for hydroxylation is 1. The van der Waals surface area contributed by atoms with E-state index in [0.29, 0.717) is 29.7 Å². The number of hydrogen-bond donors (Lipinski definition) is 1. The average molecular weight is 321 g/mol. The maximum atomic E-state index is 12.4. The minimum Gasteiger partial charge on any atom is -0.339 e. The van der Waals surface area contributed by atoms with Crippen molar-refractivity contribution in [1.29, 1.82) is 0 Å². The summed E-state index contributed by atoms with van der Waals surface area (Å²) in [5.74, 6) is -0.271. The molecule has 2 aliphatic rings. The van der Waals surface area contributed by atoms with E-state index in [-0.39, 0.29) is 17.7 Å². The van der Waals surface area contributed by atoms with Crippen LogP contribution in [0.15, 0.2) is 18.2 Å². The highest BCUT2D eigenvalue weighted by molar-refractivity contribution is 6.33. The summed E-state index contributed by atoms with van der Waals surface area (Å²) in [6.45, 7) is 2.49. The molecule has 22 heavy (non-hydrogen) atoms. The third kappa shape index (κ3) is 3.12. The van der Waals surface area contributed by atoms with Crippen LogP contribution in [0.25, 0.3) is 0 Å². The van der Waals surface area contributed by atoms with Gasteiger partial charge in [0.2, 0.25) is 11.8 Å². The van der Waals surface area contributed by atoms with E-state index in [9.17, 15) is 9.59 Å². The zero-order chi connectivity index (χ0) is 15.7. The maximum Gasteiger partial charge on any atom is 0.229 e. The van der Waals surface area contributed by atoms with E-state index < -0.39 is 0 Å². The van der Waals surface area contributed by atoms with Crippen molar-refractivity contribution in [3.05, 3.63) is 28.8 Å². The van der Waals surface area contributed by atoms with Gasteiger partial charge in [0.15, 0.2) is 0 Å². The van der Waals surface area contributed by atoms with Gasteiger partial charge in [0, 0.05) is 19.0 Å².